The number of rotatable bonds is 0. The lowest BCUT2D eigenvalue weighted by molar-refractivity contribution is -0.110. The van der Waals surface area contributed by atoms with E-state index in [1.807, 2.05) is 55.5 Å². The summed E-state index contributed by atoms with van der Waals surface area (Å²) in [6.07, 6.45) is 20.8. The number of carbonyl (C=O) groups is 1. The molecule has 1 nitrogen and oxygen atoms in total. The van der Waals surface area contributed by atoms with E-state index in [0.717, 1.165) is 16.7 Å². The van der Waals surface area contributed by atoms with Crippen LogP contribution in [0.5, 0.6) is 0 Å². The number of fused-ring (bicyclic) bond motifs is 2. The molecule has 0 fully saturated rings. The van der Waals surface area contributed by atoms with Crippen LogP contribution in [-0.2, 0) is 4.79 Å². The number of hydrogen-bond donors (Lipinski definition) is 0. The van der Waals surface area contributed by atoms with Crippen LogP contribution >= 0.6 is 0 Å². The second kappa shape index (κ2) is 8.30. The van der Waals surface area contributed by atoms with Crippen LogP contribution in [0.25, 0.3) is 0 Å². The van der Waals surface area contributed by atoms with Gasteiger partial charge in [-0.1, -0.05) is 66.5 Å². The topological polar surface area (TPSA) is 17.1 Å². The van der Waals surface area contributed by atoms with Crippen LogP contribution < -0.4 is 0 Å². The lowest BCUT2D eigenvalue weighted by Crippen LogP contribution is -1.87. The van der Waals surface area contributed by atoms with Gasteiger partial charge in [0.2, 0.25) is 0 Å². The van der Waals surface area contributed by atoms with Gasteiger partial charge in [-0.25, -0.2) is 0 Å². The van der Waals surface area contributed by atoms with Gasteiger partial charge in [-0.15, -0.1) is 0 Å². The van der Waals surface area contributed by atoms with Crippen LogP contribution in [0.3, 0.4) is 0 Å². The van der Waals surface area contributed by atoms with Crippen LogP contribution in [-0.4, -0.2) is 5.78 Å². The Labute approximate surface area is 131 Å². The molecule has 2 aliphatic rings. The highest BCUT2D eigenvalue weighted by Gasteiger charge is 2.00. The minimum absolute atomic E-state index is 0.0389. The van der Waals surface area contributed by atoms with Crippen molar-refractivity contribution in [1.29, 1.82) is 0 Å². The highest BCUT2D eigenvalue weighted by Crippen LogP contribution is 2.15. The average Bonchev–Trinajstić information content (AvgIpc) is 2.73. The SMILES string of the molecule is C/C1=C/C=C/C=C\C(=O)/C=C/C2=CC=CC=C(C#CC#C1)C2. The van der Waals surface area contributed by atoms with Gasteiger partial charge in [0.05, 0.1) is 0 Å². The first-order valence-electron chi connectivity index (χ1n) is 7.06. The first-order valence-corrected chi connectivity index (χ1v) is 7.06. The minimum atomic E-state index is -0.0389. The zero-order valence-electron chi connectivity index (χ0n) is 12.5. The summed E-state index contributed by atoms with van der Waals surface area (Å²) < 4.78 is 0. The summed E-state index contributed by atoms with van der Waals surface area (Å²) in [4.78, 5) is 11.8. The number of ketones is 1. The van der Waals surface area contributed by atoms with Gasteiger partial charge in [0.15, 0.2) is 5.78 Å². The second-order valence-corrected chi connectivity index (χ2v) is 4.82. The fraction of sp³-hybridized carbons (Fsp3) is 0.0952. The van der Waals surface area contributed by atoms with E-state index in [1.165, 1.54) is 6.08 Å². The van der Waals surface area contributed by atoms with E-state index in [1.54, 1.807) is 12.2 Å². The maximum Gasteiger partial charge on any atom is 0.178 e. The third kappa shape index (κ3) is 5.53. The van der Waals surface area contributed by atoms with Gasteiger partial charge in [0.1, 0.15) is 0 Å². The summed E-state index contributed by atoms with van der Waals surface area (Å²) in [7, 11) is 0. The molecule has 0 saturated heterocycles. The fourth-order valence-electron chi connectivity index (χ4n) is 1.83. The first kappa shape index (κ1) is 15.4. The van der Waals surface area contributed by atoms with Crippen molar-refractivity contribution in [2.45, 2.75) is 13.3 Å². The van der Waals surface area contributed by atoms with Crippen molar-refractivity contribution in [3.05, 3.63) is 83.6 Å². The second-order valence-electron chi connectivity index (χ2n) is 4.82. The molecule has 0 aromatic carbocycles. The van der Waals surface area contributed by atoms with Gasteiger partial charge in [0.25, 0.3) is 0 Å². The Morgan fingerprint density at radius 1 is 0.818 bits per heavy atom. The zero-order chi connectivity index (χ0) is 15.6. The Balaban J connectivity index is 2.36. The van der Waals surface area contributed by atoms with Gasteiger partial charge >= 0.3 is 0 Å². The molecule has 22 heavy (non-hydrogen) atoms. The number of hydrogen-bond acceptors (Lipinski definition) is 1. The van der Waals surface area contributed by atoms with Crippen molar-refractivity contribution in [1.82, 2.24) is 0 Å². The van der Waals surface area contributed by atoms with E-state index in [-0.39, 0.29) is 5.78 Å². The van der Waals surface area contributed by atoms with E-state index >= 15 is 0 Å². The Hall–Kier alpha value is -3.03. The molecule has 1 heteroatoms. The molecule has 0 saturated carbocycles. The van der Waals surface area contributed by atoms with Crippen LogP contribution in [0.15, 0.2) is 83.6 Å². The van der Waals surface area contributed by atoms with Gasteiger partial charge in [-0.3, -0.25) is 4.79 Å². The Bertz CT molecular complexity index is 782. The van der Waals surface area contributed by atoms with E-state index < -0.39 is 0 Å². The largest absolute Gasteiger partial charge is 0.290 e. The molecule has 0 radical (unpaired) electrons. The highest BCUT2D eigenvalue weighted by molar-refractivity contribution is 5.99. The Morgan fingerprint density at radius 3 is 2.50 bits per heavy atom. The third-order valence-electron chi connectivity index (χ3n) is 2.95. The van der Waals surface area contributed by atoms with Crippen LogP contribution in [0, 0.1) is 23.7 Å². The van der Waals surface area contributed by atoms with E-state index in [2.05, 4.69) is 23.7 Å². The molecule has 0 atom stereocenters. The molecule has 0 aliphatic heterocycles. The van der Waals surface area contributed by atoms with Crippen LogP contribution in [0.2, 0.25) is 0 Å². The molecule has 2 aliphatic carbocycles. The quantitative estimate of drug-likeness (QED) is 0.614. The monoisotopic (exact) mass is 284 g/mol. The lowest BCUT2D eigenvalue weighted by Gasteiger charge is -1.98. The summed E-state index contributed by atoms with van der Waals surface area (Å²) in [5, 5.41) is 0. The van der Waals surface area contributed by atoms with E-state index in [9.17, 15) is 4.79 Å². The third-order valence-corrected chi connectivity index (χ3v) is 2.95. The molecule has 2 rings (SSSR count). The summed E-state index contributed by atoms with van der Waals surface area (Å²) in [5.74, 6) is 11.8. The first-order chi connectivity index (χ1) is 10.7. The molecule has 0 aromatic rings. The van der Waals surface area contributed by atoms with Crippen LogP contribution in [0.4, 0.5) is 0 Å². The van der Waals surface area contributed by atoms with Crippen molar-refractivity contribution in [2.24, 2.45) is 0 Å². The molecule has 2 bridgehead atoms. The summed E-state index contributed by atoms with van der Waals surface area (Å²) in [6, 6.07) is 0. The molecule has 0 amide bonds. The number of allylic oxidation sites excluding steroid dienone is 14. The number of carbonyl (C=O) groups excluding carboxylic acids is 1. The van der Waals surface area contributed by atoms with E-state index in [4.69, 9.17) is 0 Å². The smallest absolute Gasteiger partial charge is 0.178 e. The van der Waals surface area contributed by atoms with Gasteiger partial charge < -0.3 is 0 Å². The average molecular weight is 284 g/mol. The van der Waals surface area contributed by atoms with Gasteiger partial charge in [-0.05, 0) is 42.1 Å². The maximum atomic E-state index is 11.8. The van der Waals surface area contributed by atoms with Crippen molar-refractivity contribution >= 4 is 5.78 Å². The summed E-state index contributed by atoms with van der Waals surface area (Å²) in [6.45, 7) is 1.92. The lowest BCUT2D eigenvalue weighted by atomic mass is 10.1. The fourth-order valence-corrected chi connectivity index (χ4v) is 1.83. The Kier molecular flexibility index (Phi) is 5.80. The molecule has 0 aromatic heterocycles. The van der Waals surface area contributed by atoms with Crippen molar-refractivity contribution in [3.63, 3.8) is 0 Å². The normalized spacial score (nSPS) is 24.0. The summed E-state index contributed by atoms with van der Waals surface area (Å²) in [5.41, 5.74) is 2.95. The maximum absolute atomic E-state index is 11.8. The molecular weight excluding hydrogens is 268 g/mol. The van der Waals surface area contributed by atoms with Gasteiger partial charge in [0, 0.05) is 12.0 Å². The standard InChI is InChI=1S/C21H16O/c1-18-9-3-2-4-14-21(22)16-15-20-13-8-7-12-19(17-20)11-6-5-10-18/h2-4,7-9,12-16H,17H2,1H3/b3-2+,14-4-,16-15+,18-9-. The minimum Gasteiger partial charge on any atom is -0.290 e. The molecule has 106 valence electrons. The van der Waals surface area contributed by atoms with Crippen molar-refractivity contribution < 1.29 is 4.79 Å². The predicted octanol–water partition coefficient (Wildman–Crippen LogP) is 4.00. The van der Waals surface area contributed by atoms with Crippen molar-refractivity contribution in [3.8, 4) is 23.7 Å². The molecule has 0 unspecified atom stereocenters. The molecule has 0 N–H and O–H groups in total. The summed E-state index contributed by atoms with van der Waals surface area (Å²) >= 11 is 0. The molecular formula is C21H16O. The Morgan fingerprint density at radius 2 is 1.59 bits per heavy atom. The predicted molar refractivity (Wildman–Crippen MR) is 91.7 cm³/mol. The van der Waals surface area contributed by atoms with Crippen molar-refractivity contribution in [2.75, 3.05) is 0 Å². The van der Waals surface area contributed by atoms with Gasteiger partial charge in [-0.2, -0.15) is 0 Å². The molecule has 0 spiro atoms. The van der Waals surface area contributed by atoms with E-state index in [0.29, 0.717) is 6.42 Å². The van der Waals surface area contributed by atoms with Crippen LogP contribution in [0.1, 0.15) is 13.3 Å². The highest BCUT2D eigenvalue weighted by atomic mass is 16.1. The zero-order valence-corrected chi connectivity index (χ0v) is 12.5. The molecule has 0 heterocycles.